The molecule has 0 spiro atoms. The molecule has 150 valence electrons. The number of aromatic nitrogens is 1. The van der Waals surface area contributed by atoms with E-state index < -0.39 is 0 Å². The van der Waals surface area contributed by atoms with Crippen LogP contribution < -0.4 is 4.90 Å². The molecule has 0 fully saturated rings. The van der Waals surface area contributed by atoms with Gasteiger partial charge in [0.05, 0.1) is 23.1 Å². The van der Waals surface area contributed by atoms with Gasteiger partial charge in [-0.05, 0) is 47.7 Å². The van der Waals surface area contributed by atoms with Crippen LogP contribution >= 0.6 is 23.7 Å². The SMILES string of the molecule is CCCSC1=NSc2cc(C)cnc2N1Cc1ccc(-c2ccccc2C#N)cc1. The molecular weight excluding hydrogens is 408 g/mol. The zero-order valence-electron chi connectivity index (χ0n) is 17.0. The average Bonchev–Trinajstić information content (AvgIpc) is 2.79. The normalized spacial score (nSPS) is 12.8. The quantitative estimate of drug-likeness (QED) is 0.435. The van der Waals surface area contributed by atoms with Crippen LogP contribution in [0.15, 0.2) is 70.1 Å². The zero-order chi connectivity index (χ0) is 20.9. The van der Waals surface area contributed by atoms with Gasteiger partial charge in [0.25, 0.3) is 0 Å². The maximum Gasteiger partial charge on any atom is 0.177 e. The van der Waals surface area contributed by atoms with Gasteiger partial charge in [0.1, 0.15) is 5.82 Å². The smallest absolute Gasteiger partial charge is 0.177 e. The van der Waals surface area contributed by atoms with Crippen molar-refractivity contribution in [3.05, 3.63) is 77.5 Å². The number of nitrogens with zero attached hydrogens (tertiary/aromatic N) is 4. The van der Waals surface area contributed by atoms with Crippen LogP contribution in [0.1, 0.15) is 30.0 Å². The molecule has 2 aromatic carbocycles. The van der Waals surface area contributed by atoms with E-state index in [-0.39, 0.29) is 0 Å². The number of pyridine rings is 1. The fourth-order valence-electron chi connectivity index (χ4n) is 3.28. The summed E-state index contributed by atoms with van der Waals surface area (Å²) in [5.74, 6) is 2.00. The fourth-order valence-corrected chi connectivity index (χ4v) is 5.05. The molecule has 1 aliphatic rings. The van der Waals surface area contributed by atoms with Crippen LogP contribution in [0.3, 0.4) is 0 Å². The number of rotatable bonds is 5. The highest BCUT2D eigenvalue weighted by atomic mass is 32.2. The fraction of sp³-hybridized carbons (Fsp3) is 0.208. The molecular formula is C24H22N4S2. The molecule has 0 bridgehead atoms. The minimum atomic E-state index is 0.692. The summed E-state index contributed by atoms with van der Waals surface area (Å²) < 4.78 is 4.76. The van der Waals surface area contributed by atoms with E-state index in [2.05, 4.69) is 55.1 Å². The lowest BCUT2D eigenvalue weighted by Crippen LogP contribution is -2.31. The van der Waals surface area contributed by atoms with Crippen LogP contribution in [-0.2, 0) is 6.54 Å². The lowest BCUT2D eigenvalue weighted by molar-refractivity contribution is 0.954. The van der Waals surface area contributed by atoms with Crippen LogP contribution in [0.4, 0.5) is 5.82 Å². The average molecular weight is 431 g/mol. The van der Waals surface area contributed by atoms with E-state index in [0.29, 0.717) is 12.1 Å². The molecule has 0 radical (unpaired) electrons. The number of hydrogen-bond donors (Lipinski definition) is 0. The van der Waals surface area contributed by atoms with Crippen LogP contribution in [0, 0.1) is 18.3 Å². The van der Waals surface area contributed by atoms with E-state index in [1.807, 2.05) is 30.5 Å². The van der Waals surface area contributed by atoms with E-state index >= 15 is 0 Å². The Bertz CT molecular complexity index is 1120. The summed E-state index contributed by atoms with van der Waals surface area (Å²) in [5.41, 5.74) is 5.02. The minimum absolute atomic E-state index is 0.692. The van der Waals surface area contributed by atoms with Crippen molar-refractivity contribution in [2.24, 2.45) is 4.40 Å². The minimum Gasteiger partial charge on any atom is -0.300 e. The first-order valence-electron chi connectivity index (χ1n) is 9.90. The number of fused-ring (bicyclic) bond motifs is 1. The molecule has 0 atom stereocenters. The summed E-state index contributed by atoms with van der Waals surface area (Å²) in [6, 6.07) is 20.6. The number of benzene rings is 2. The molecule has 4 nitrogen and oxygen atoms in total. The summed E-state index contributed by atoms with van der Waals surface area (Å²) >= 11 is 3.29. The van der Waals surface area contributed by atoms with Gasteiger partial charge in [-0.15, -0.1) is 0 Å². The summed E-state index contributed by atoms with van der Waals surface area (Å²) in [6.45, 7) is 4.95. The first-order valence-corrected chi connectivity index (χ1v) is 11.7. The Morgan fingerprint density at radius 2 is 1.93 bits per heavy atom. The second-order valence-electron chi connectivity index (χ2n) is 7.09. The van der Waals surface area contributed by atoms with Crippen LogP contribution in [0.5, 0.6) is 0 Å². The van der Waals surface area contributed by atoms with Crippen molar-refractivity contribution in [2.75, 3.05) is 10.7 Å². The van der Waals surface area contributed by atoms with Crippen LogP contribution in [0.25, 0.3) is 11.1 Å². The van der Waals surface area contributed by atoms with Gasteiger partial charge in [0.15, 0.2) is 5.17 Å². The molecule has 4 rings (SSSR count). The molecule has 0 aliphatic carbocycles. The predicted octanol–water partition coefficient (Wildman–Crippen LogP) is 6.46. The lowest BCUT2D eigenvalue weighted by atomic mass is 9.99. The second kappa shape index (κ2) is 9.38. The Labute approximate surface area is 186 Å². The molecule has 1 aromatic heterocycles. The van der Waals surface area contributed by atoms with Crippen molar-refractivity contribution in [1.82, 2.24) is 4.98 Å². The monoisotopic (exact) mass is 430 g/mol. The summed E-state index contributed by atoms with van der Waals surface area (Å²) in [6.07, 6.45) is 3.02. The number of anilines is 1. The Kier molecular flexibility index (Phi) is 6.41. The van der Waals surface area contributed by atoms with Gasteiger partial charge in [0, 0.05) is 23.9 Å². The summed E-state index contributed by atoms with van der Waals surface area (Å²) in [7, 11) is 0. The molecule has 0 saturated heterocycles. The van der Waals surface area contributed by atoms with Gasteiger partial charge < -0.3 is 0 Å². The van der Waals surface area contributed by atoms with Gasteiger partial charge in [-0.3, -0.25) is 4.90 Å². The topological polar surface area (TPSA) is 52.3 Å². The largest absolute Gasteiger partial charge is 0.300 e. The van der Waals surface area contributed by atoms with Crippen molar-refractivity contribution >= 4 is 34.7 Å². The second-order valence-corrected chi connectivity index (χ2v) is 8.96. The van der Waals surface area contributed by atoms with Gasteiger partial charge in [-0.25, -0.2) is 4.98 Å². The van der Waals surface area contributed by atoms with E-state index in [1.165, 1.54) is 17.5 Å². The van der Waals surface area contributed by atoms with E-state index in [4.69, 9.17) is 9.38 Å². The van der Waals surface area contributed by atoms with Gasteiger partial charge >= 0.3 is 0 Å². The molecule has 0 N–H and O–H groups in total. The van der Waals surface area contributed by atoms with Crippen LogP contribution in [0.2, 0.25) is 0 Å². The predicted molar refractivity (Wildman–Crippen MR) is 128 cm³/mol. The standard InChI is InChI=1S/C24H22N4S2/c1-3-12-29-24-27-30-22-13-17(2)15-26-23(22)28(24)16-18-8-10-19(11-9-18)21-7-5-4-6-20(21)14-25/h4-11,13,15H,3,12,16H2,1-2H3. The number of hydrogen-bond acceptors (Lipinski definition) is 6. The molecule has 1 aliphatic heterocycles. The zero-order valence-corrected chi connectivity index (χ0v) is 18.6. The van der Waals surface area contributed by atoms with E-state index in [1.54, 1.807) is 11.8 Å². The molecule has 0 amide bonds. The number of aryl methyl sites for hydroxylation is 1. The maximum atomic E-state index is 9.38. The first-order chi connectivity index (χ1) is 14.7. The highest BCUT2D eigenvalue weighted by Crippen LogP contribution is 2.38. The van der Waals surface area contributed by atoms with Crippen molar-refractivity contribution < 1.29 is 0 Å². The maximum absolute atomic E-state index is 9.38. The van der Waals surface area contributed by atoms with Gasteiger partial charge in [-0.2, -0.15) is 9.66 Å². The summed E-state index contributed by atoms with van der Waals surface area (Å²) in [5, 5.41) is 10.4. The number of thioether (sulfide) groups is 1. The molecule has 0 unspecified atom stereocenters. The molecule has 0 saturated carbocycles. The van der Waals surface area contributed by atoms with Crippen molar-refractivity contribution in [3.63, 3.8) is 0 Å². The van der Waals surface area contributed by atoms with Crippen molar-refractivity contribution in [1.29, 1.82) is 5.26 Å². The molecule has 6 heteroatoms. The highest BCUT2D eigenvalue weighted by molar-refractivity contribution is 8.15. The highest BCUT2D eigenvalue weighted by Gasteiger charge is 2.24. The van der Waals surface area contributed by atoms with Gasteiger partial charge in [0.2, 0.25) is 0 Å². The van der Waals surface area contributed by atoms with Crippen LogP contribution in [-0.4, -0.2) is 15.9 Å². The third-order valence-corrected chi connectivity index (χ3v) is 6.83. The summed E-state index contributed by atoms with van der Waals surface area (Å²) in [4.78, 5) is 8.02. The van der Waals surface area contributed by atoms with Crippen molar-refractivity contribution in [3.8, 4) is 17.2 Å². The molecule has 2 heterocycles. The van der Waals surface area contributed by atoms with Gasteiger partial charge in [-0.1, -0.05) is 61.2 Å². The van der Waals surface area contributed by atoms with Crippen molar-refractivity contribution in [2.45, 2.75) is 31.7 Å². The Morgan fingerprint density at radius 3 is 2.70 bits per heavy atom. The Hall–Kier alpha value is -2.75. The molecule has 3 aromatic rings. The number of amidine groups is 1. The number of nitriles is 1. The third kappa shape index (κ3) is 4.38. The lowest BCUT2D eigenvalue weighted by Gasteiger charge is -2.29. The first kappa shape index (κ1) is 20.5. The van der Waals surface area contributed by atoms with E-state index in [0.717, 1.165) is 44.7 Å². The van der Waals surface area contributed by atoms with E-state index in [9.17, 15) is 5.26 Å². The third-order valence-electron chi connectivity index (χ3n) is 4.77. The Balaban J connectivity index is 1.62. The Morgan fingerprint density at radius 1 is 1.13 bits per heavy atom. The molecule has 30 heavy (non-hydrogen) atoms.